The van der Waals surface area contributed by atoms with Crippen LogP contribution in [0.2, 0.25) is 0 Å². The lowest BCUT2D eigenvalue weighted by Gasteiger charge is -2.11. The van der Waals surface area contributed by atoms with Crippen molar-refractivity contribution in [2.45, 2.75) is 33.9 Å². The van der Waals surface area contributed by atoms with Crippen molar-refractivity contribution in [3.63, 3.8) is 0 Å². The second-order valence-electron chi connectivity index (χ2n) is 5.26. The van der Waals surface area contributed by atoms with Crippen LogP contribution in [-0.2, 0) is 13.1 Å². The maximum atomic E-state index is 5.25. The van der Waals surface area contributed by atoms with E-state index in [1.54, 1.807) is 18.4 Å². The zero-order valence-corrected chi connectivity index (χ0v) is 16.8. The Labute approximate surface area is 155 Å². The second-order valence-corrected chi connectivity index (χ2v) is 7.40. The molecule has 0 bridgehead atoms. The number of benzene rings is 1. The molecule has 0 unspecified atom stereocenters. The van der Waals surface area contributed by atoms with E-state index in [4.69, 9.17) is 4.74 Å². The van der Waals surface area contributed by atoms with Gasteiger partial charge in [0.2, 0.25) is 0 Å². The number of aliphatic imine (C=N–C) groups is 1. The number of hydrogen-bond acceptors (Lipinski definition) is 4. The number of guanidine groups is 1. The third-order valence-electron chi connectivity index (χ3n) is 3.40. The lowest BCUT2D eigenvalue weighted by atomic mass is 10.2. The molecule has 0 saturated carbocycles. The van der Waals surface area contributed by atoms with Crippen molar-refractivity contribution in [1.82, 2.24) is 15.6 Å². The van der Waals surface area contributed by atoms with E-state index in [1.807, 2.05) is 32.0 Å². The Morgan fingerprint density at radius 3 is 2.71 bits per heavy atom. The predicted octanol–water partition coefficient (Wildman–Crippen LogP) is 3.79. The number of thiazole rings is 1. The van der Waals surface area contributed by atoms with Gasteiger partial charge in [0.15, 0.2) is 5.96 Å². The van der Waals surface area contributed by atoms with E-state index < -0.39 is 0 Å². The van der Waals surface area contributed by atoms with Gasteiger partial charge in [-0.15, -0.1) is 11.3 Å². The third kappa shape index (κ3) is 5.21. The van der Waals surface area contributed by atoms with Gasteiger partial charge in [-0.1, -0.05) is 6.07 Å². The molecule has 0 aliphatic carbocycles. The van der Waals surface area contributed by atoms with Gasteiger partial charge >= 0.3 is 0 Å². The number of aryl methyl sites for hydroxylation is 2. The van der Waals surface area contributed by atoms with E-state index in [0.717, 1.165) is 45.5 Å². The van der Waals surface area contributed by atoms with Crippen LogP contribution in [0.3, 0.4) is 0 Å². The molecule has 0 radical (unpaired) electrons. The van der Waals surface area contributed by atoms with Gasteiger partial charge in [-0.2, -0.15) is 0 Å². The van der Waals surface area contributed by atoms with E-state index in [0.29, 0.717) is 6.54 Å². The van der Waals surface area contributed by atoms with Crippen LogP contribution in [0, 0.1) is 13.8 Å². The fourth-order valence-electron chi connectivity index (χ4n) is 2.22. The van der Waals surface area contributed by atoms with Gasteiger partial charge in [-0.3, -0.25) is 0 Å². The summed E-state index contributed by atoms with van der Waals surface area (Å²) >= 11 is 5.22. The number of rotatable bonds is 6. The van der Waals surface area contributed by atoms with Crippen LogP contribution >= 0.6 is 27.3 Å². The molecule has 1 aromatic heterocycles. The van der Waals surface area contributed by atoms with Gasteiger partial charge in [0.25, 0.3) is 0 Å². The fourth-order valence-corrected chi connectivity index (χ4v) is 3.69. The summed E-state index contributed by atoms with van der Waals surface area (Å²) in [4.78, 5) is 10.3. The Kier molecular flexibility index (Phi) is 7.05. The summed E-state index contributed by atoms with van der Waals surface area (Å²) in [6.07, 6.45) is 0. The molecule has 0 fully saturated rings. The standard InChI is InChI=1S/C17H23BrN4OS/c1-5-19-17(21-10-16-11(2)22-12(3)24-16)20-9-13-6-7-15(23-4)14(18)8-13/h6-8H,5,9-10H2,1-4H3,(H2,19,20,21). The third-order valence-corrected chi connectivity index (χ3v) is 5.09. The number of ether oxygens (including phenoxy) is 1. The summed E-state index contributed by atoms with van der Waals surface area (Å²) in [7, 11) is 1.66. The number of halogens is 1. The molecular weight excluding hydrogens is 388 g/mol. The molecule has 0 atom stereocenters. The molecule has 2 rings (SSSR count). The first-order valence-electron chi connectivity index (χ1n) is 7.81. The molecule has 5 nitrogen and oxygen atoms in total. The van der Waals surface area contributed by atoms with E-state index in [-0.39, 0.29) is 0 Å². The van der Waals surface area contributed by atoms with Crippen LogP contribution in [-0.4, -0.2) is 24.6 Å². The lowest BCUT2D eigenvalue weighted by molar-refractivity contribution is 0.412. The molecule has 24 heavy (non-hydrogen) atoms. The molecular formula is C17H23BrN4OS. The van der Waals surface area contributed by atoms with Crippen LogP contribution in [0.25, 0.3) is 0 Å². The van der Waals surface area contributed by atoms with Gasteiger partial charge in [-0.05, 0) is 54.4 Å². The molecule has 130 valence electrons. The van der Waals surface area contributed by atoms with Crippen molar-refractivity contribution in [2.75, 3.05) is 13.7 Å². The largest absolute Gasteiger partial charge is 0.496 e. The molecule has 0 aliphatic rings. The highest BCUT2D eigenvalue weighted by atomic mass is 79.9. The van der Waals surface area contributed by atoms with Crippen LogP contribution in [0.1, 0.15) is 28.1 Å². The normalized spacial score (nSPS) is 11.5. The maximum Gasteiger partial charge on any atom is 0.191 e. The predicted molar refractivity (Wildman–Crippen MR) is 104 cm³/mol. The van der Waals surface area contributed by atoms with Crippen molar-refractivity contribution in [1.29, 1.82) is 0 Å². The second kappa shape index (κ2) is 9.03. The summed E-state index contributed by atoms with van der Waals surface area (Å²) in [5.74, 6) is 1.62. The minimum Gasteiger partial charge on any atom is -0.496 e. The summed E-state index contributed by atoms with van der Waals surface area (Å²) in [6, 6.07) is 5.99. The summed E-state index contributed by atoms with van der Waals surface area (Å²) in [5, 5.41) is 7.74. The molecule has 2 N–H and O–H groups in total. The van der Waals surface area contributed by atoms with E-state index >= 15 is 0 Å². The maximum absolute atomic E-state index is 5.25. The van der Waals surface area contributed by atoms with Gasteiger partial charge in [0.1, 0.15) is 5.75 Å². The summed E-state index contributed by atoms with van der Waals surface area (Å²) < 4.78 is 6.19. The van der Waals surface area contributed by atoms with Crippen LogP contribution in [0.5, 0.6) is 5.75 Å². The Morgan fingerprint density at radius 2 is 2.12 bits per heavy atom. The molecule has 0 amide bonds. The van der Waals surface area contributed by atoms with Gasteiger partial charge in [0, 0.05) is 11.4 Å². The van der Waals surface area contributed by atoms with E-state index in [2.05, 4.69) is 43.5 Å². The van der Waals surface area contributed by atoms with Crippen LogP contribution in [0.15, 0.2) is 27.7 Å². The van der Waals surface area contributed by atoms with E-state index in [1.165, 1.54) is 4.88 Å². The van der Waals surface area contributed by atoms with Crippen molar-refractivity contribution < 1.29 is 4.74 Å². The minimum absolute atomic E-state index is 0.596. The Bertz CT molecular complexity index is 715. The Hall–Kier alpha value is -1.60. The molecule has 1 heterocycles. The van der Waals surface area contributed by atoms with Crippen molar-refractivity contribution in [2.24, 2.45) is 4.99 Å². The van der Waals surface area contributed by atoms with Gasteiger partial charge in [0.05, 0.1) is 35.4 Å². The SMILES string of the molecule is CCNC(=NCc1ccc(OC)c(Br)c1)NCc1sc(C)nc1C. The summed E-state index contributed by atoms with van der Waals surface area (Å²) in [5.41, 5.74) is 2.20. The number of nitrogens with zero attached hydrogens (tertiary/aromatic N) is 2. The van der Waals surface area contributed by atoms with Crippen molar-refractivity contribution in [3.8, 4) is 5.75 Å². The average Bonchev–Trinajstić information content (AvgIpc) is 2.88. The van der Waals surface area contributed by atoms with Crippen LogP contribution < -0.4 is 15.4 Å². The zero-order chi connectivity index (χ0) is 17.5. The van der Waals surface area contributed by atoms with E-state index in [9.17, 15) is 0 Å². The molecule has 1 aromatic carbocycles. The number of hydrogen-bond donors (Lipinski definition) is 2. The van der Waals surface area contributed by atoms with Gasteiger partial charge in [-0.25, -0.2) is 9.98 Å². The average molecular weight is 411 g/mol. The minimum atomic E-state index is 0.596. The monoisotopic (exact) mass is 410 g/mol. The summed E-state index contributed by atoms with van der Waals surface area (Å²) in [6.45, 7) is 8.28. The molecule has 0 spiro atoms. The fraction of sp³-hybridized carbons (Fsp3) is 0.412. The zero-order valence-electron chi connectivity index (χ0n) is 14.4. The lowest BCUT2D eigenvalue weighted by Crippen LogP contribution is -2.36. The first-order valence-corrected chi connectivity index (χ1v) is 9.42. The Balaban J connectivity index is 2.02. The first-order chi connectivity index (χ1) is 11.5. The molecule has 2 aromatic rings. The molecule has 0 saturated heterocycles. The van der Waals surface area contributed by atoms with Crippen LogP contribution in [0.4, 0.5) is 0 Å². The first kappa shape index (κ1) is 18.7. The molecule has 0 aliphatic heterocycles. The topological polar surface area (TPSA) is 58.5 Å². The molecule has 7 heteroatoms. The number of methoxy groups -OCH3 is 1. The quantitative estimate of drug-likeness (QED) is 0.561. The Morgan fingerprint density at radius 1 is 1.33 bits per heavy atom. The number of nitrogens with one attached hydrogen (secondary N) is 2. The van der Waals surface area contributed by atoms with Crippen molar-refractivity contribution in [3.05, 3.63) is 43.8 Å². The number of aromatic nitrogens is 1. The highest BCUT2D eigenvalue weighted by molar-refractivity contribution is 9.10. The highest BCUT2D eigenvalue weighted by Gasteiger charge is 2.06. The van der Waals surface area contributed by atoms with Crippen molar-refractivity contribution >= 4 is 33.2 Å². The highest BCUT2D eigenvalue weighted by Crippen LogP contribution is 2.25. The smallest absolute Gasteiger partial charge is 0.191 e. The van der Waals surface area contributed by atoms with Gasteiger partial charge < -0.3 is 15.4 Å².